The van der Waals surface area contributed by atoms with Crippen LogP contribution in [0.3, 0.4) is 0 Å². The standard InChI is InChI=1S/C27H21ClF4N2O2/c28-22-12-15(2-4-23(22)29)21-11-17(9-18-10-19(14-33)36-25(18)21)20-3-1-16(13-24(20)30)26(35)34-7-5-27(31,32)6-8-34/h1-4,9-13H,5-8,14,33H2. The average molecular weight is 517 g/mol. The van der Waals surface area contributed by atoms with Gasteiger partial charge in [-0.1, -0.05) is 23.7 Å². The van der Waals surface area contributed by atoms with Crippen LogP contribution in [0.5, 0.6) is 0 Å². The third-order valence-corrected chi connectivity index (χ3v) is 6.70. The lowest BCUT2D eigenvalue weighted by atomic mass is 9.95. The second-order valence-corrected chi connectivity index (χ2v) is 9.24. The van der Waals surface area contributed by atoms with Gasteiger partial charge in [-0.3, -0.25) is 4.79 Å². The van der Waals surface area contributed by atoms with Gasteiger partial charge in [0, 0.05) is 48.0 Å². The Morgan fingerprint density at radius 1 is 0.944 bits per heavy atom. The highest BCUT2D eigenvalue weighted by molar-refractivity contribution is 6.31. The van der Waals surface area contributed by atoms with Crippen molar-refractivity contribution in [3.05, 3.63) is 82.6 Å². The third-order valence-electron chi connectivity index (χ3n) is 6.41. The normalized spacial score (nSPS) is 15.4. The van der Waals surface area contributed by atoms with E-state index >= 15 is 4.39 Å². The van der Waals surface area contributed by atoms with Gasteiger partial charge in [0.05, 0.1) is 11.6 Å². The van der Waals surface area contributed by atoms with Crippen molar-refractivity contribution in [2.45, 2.75) is 25.3 Å². The van der Waals surface area contributed by atoms with Gasteiger partial charge in [0.2, 0.25) is 0 Å². The van der Waals surface area contributed by atoms with E-state index in [1.165, 1.54) is 29.2 Å². The van der Waals surface area contributed by atoms with E-state index in [4.69, 9.17) is 21.8 Å². The van der Waals surface area contributed by atoms with E-state index in [9.17, 15) is 18.0 Å². The maximum absolute atomic E-state index is 15.3. The molecule has 1 amide bonds. The topological polar surface area (TPSA) is 59.5 Å². The predicted octanol–water partition coefficient (Wildman–Crippen LogP) is 7.03. The Labute approximate surface area is 209 Å². The van der Waals surface area contributed by atoms with Gasteiger partial charge in [0.1, 0.15) is 23.0 Å². The smallest absolute Gasteiger partial charge is 0.253 e. The molecule has 5 rings (SSSR count). The number of amides is 1. The summed E-state index contributed by atoms with van der Waals surface area (Å²) in [5.41, 5.74) is 8.18. The van der Waals surface area contributed by atoms with Crippen molar-refractivity contribution in [1.29, 1.82) is 0 Å². The van der Waals surface area contributed by atoms with Crippen molar-refractivity contribution in [3.63, 3.8) is 0 Å². The Hall–Kier alpha value is -3.36. The molecule has 1 aliphatic heterocycles. The molecule has 0 radical (unpaired) electrons. The first-order chi connectivity index (χ1) is 17.1. The van der Waals surface area contributed by atoms with Crippen LogP contribution in [0.15, 0.2) is 59.0 Å². The Morgan fingerprint density at radius 3 is 2.36 bits per heavy atom. The van der Waals surface area contributed by atoms with Crippen LogP contribution >= 0.6 is 11.6 Å². The van der Waals surface area contributed by atoms with Crippen LogP contribution in [0.1, 0.15) is 29.0 Å². The molecule has 0 atom stereocenters. The lowest BCUT2D eigenvalue weighted by molar-refractivity contribution is -0.0494. The van der Waals surface area contributed by atoms with E-state index in [1.807, 2.05) is 0 Å². The molecular formula is C27H21ClF4N2O2. The van der Waals surface area contributed by atoms with Crippen molar-refractivity contribution in [2.24, 2.45) is 5.73 Å². The van der Waals surface area contributed by atoms with Crippen LogP contribution < -0.4 is 5.73 Å². The lowest BCUT2D eigenvalue weighted by Gasteiger charge is -2.31. The number of hydrogen-bond donors (Lipinski definition) is 1. The van der Waals surface area contributed by atoms with Crippen LogP contribution in [0, 0.1) is 11.6 Å². The Balaban J connectivity index is 1.54. The number of hydrogen-bond acceptors (Lipinski definition) is 3. The zero-order valence-corrected chi connectivity index (χ0v) is 19.7. The first-order valence-corrected chi connectivity index (χ1v) is 11.7. The second-order valence-electron chi connectivity index (χ2n) is 8.83. The molecule has 186 valence electrons. The molecule has 0 unspecified atom stereocenters. The first kappa shape index (κ1) is 24.3. The van der Waals surface area contributed by atoms with Crippen molar-refractivity contribution < 1.29 is 26.8 Å². The van der Waals surface area contributed by atoms with Gasteiger partial charge in [-0.2, -0.15) is 0 Å². The molecule has 0 saturated carbocycles. The van der Waals surface area contributed by atoms with E-state index in [2.05, 4.69) is 0 Å². The molecule has 3 aromatic carbocycles. The molecule has 0 spiro atoms. The number of piperidine rings is 1. The average Bonchev–Trinajstić information content (AvgIpc) is 3.28. The van der Waals surface area contributed by atoms with E-state index in [-0.39, 0.29) is 35.8 Å². The highest BCUT2D eigenvalue weighted by Gasteiger charge is 2.35. The minimum absolute atomic E-state index is 0.0684. The summed E-state index contributed by atoms with van der Waals surface area (Å²) in [4.78, 5) is 14.1. The van der Waals surface area contributed by atoms with E-state index < -0.39 is 36.3 Å². The minimum atomic E-state index is -2.78. The number of likely N-dealkylation sites (tertiary alicyclic amines) is 1. The molecule has 2 heterocycles. The molecule has 36 heavy (non-hydrogen) atoms. The monoisotopic (exact) mass is 516 g/mol. The molecule has 9 heteroatoms. The SMILES string of the molecule is NCc1cc2cc(-c3ccc(C(=O)N4CCC(F)(F)CC4)cc3F)cc(-c3ccc(F)c(Cl)c3)c2o1. The molecule has 4 nitrogen and oxygen atoms in total. The number of carbonyl (C=O) groups is 1. The van der Waals surface area contributed by atoms with Crippen LogP contribution in [-0.2, 0) is 6.54 Å². The predicted molar refractivity (Wildman–Crippen MR) is 130 cm³/mol. The number of furan rings is 1. The number of rotatable bonds is 4. The molecule has 0 aliphatic carbocycles. The summed E-state index contributed by atoms with van der Waals surface area (Å²) in [6.07, 6.45) is -0.823. The molecule has 1 aliphatic rings. The summed E-state index contributed by atoms with van der Waals surface area (Å²) in [7, 11) is 0. The summed E-state index contributed by atoms with van der Waals surface area (Å²) in [6.45, 7) is -0.0138. The maximum Gasteiger partial charge on any atom is 0.253 e. The quantitative estimate of drug-likeness (QED) is 0.296. The van der Waals surface area contributed by atoms with Gasteiger partial charge >= 0.3 is 0 Å². The van der Waals surface area contributed by atoms with Gasteiger partial charge < -0.3 is 15.1 Å². The Morgan fingerprint density at radius 2 is 1.69 bits per heavy atom. The van der Waals surface area contributed by atoms with Crippen LogP contribution in [0.25, 0.3) is 33.2 Å². The van der Waals surface area contributed by atoms with Crippen molar-refractivity contribution >= 4 is 28.5 Å². The molecule has 4 aromatic rings. The minimum Gasteiger partial charge on any atom is -0.459 e. The fourth-order valence-electron chi connectivity index (χ4n) is 4.44. The molecule has 0 bridgehead atoms. The van der Waals surface area contributed by atoms with Crippen LogP contribution in [0.4, 0.5) is 17.6 Å². The number of benzene rings is 3. The fraction of sp³-hybridized carbons (Fsp3) is 0.222. The number of alkyl halides is 2. The van der Waals surface area contributed by atoms with Gasteiger partial charge in [-0.15, -0.1) is 0 Å². The summed E-state index contributed by atoms with van der Waals surface area (Å²) in [5, 5.41) is 0.596. The highest BCUT2D eigenvalue weighted by atomic mass is 35.5. The van der Waals surface area contributed by atoms with Crippen molar-refractivity contribution in [1.82, 2.24) is 4.90 Å². The molecule has 1 aromatic heterocycles. The maximum atomic E-state index is 15.3. The molecular weight excluding hydrogens is 496 g/mol. The number of halogens is 5. The summed E-state index contributed by atoms with van der Waals surface area (Å²) in [6, 6.07) is 13.5. The Kier molecular flexibility index (Phi) is 6.26. The van der Waals surface area contributed by atoms with Crippen LogP contribution in [-0.4, -0.2) is 29.8 Å². The molecule has 1 fully saturated rings. The zero-order chi connectivity index (χ0) is 25.6. The number of carbonyl (C=O) groups excluding carboxylic acids is 1. The lowest BCUT2D eigenvalue weighted by Crippen LogP contribution is -2.42. The summed E-state index contributed by atoms with van der Waals surface area (Å²) < 4.78 is 61.8. The van der Waals surface area contributed by atoms with Gasteiger partial charge in [-0.05, 0) is 53.6 Å². The van der Waals surface area contributed by atoms with Crippen molar-refractivity contribution in [3.8, 4) is 22.3 Å². The fourth-order valence-corrected chi connectivity index (χ4v) is 4.62. The van der Waals surface area contributed by atoms with E-state index in [0.29, 0.717) is 33.4 Å². The second kappa shape index (κ2) is 9.26. The Bertz CT molecular complexity index is 1470. The van der Waals surface area contributed by atoms with E-state index in [1.54, 1.807) is 24.3 Å². The first-order valence-electron chi connectivity index (χ1n) is 11.3. The summed E-state index contributed by atoms with van der Waals surface area (Å²) in [5.74, 6) is -3.97. The van der Waals surface area contributed by atoms with Gasteiger partial charge in [-0.25, -0.2) is 17.6 Å². The number of nitrogens with two attached hydrogens (primary N) is 1. The number of fused-ring (bicyclic) bond motifs is 1. The largest absolute Gasteiger partial charge is 0.459 e. The van der Waals surface area contributed by atoms with Gasteiger partial charge in [0.15, 0.2) is 0 Å². The van der Waals surface area contributed by atoms with Gasteiger partial charge in [0.25, 0.3) is 11.8 Å². The zero-order valence-electron chi connectivity index (χ0n) is 19.0. The van der Waals surface area contributed by atoms with Crippen molar-refractivity contribution in [2.75, 3.05) is 13.1 Å². The highest BCUT2D eigenvalue weighted by Crippen LogP contribution is 2.38. The van der Waals surface area contributed by atoms with Crippen LogP contribution in [0.2, 0.25) is 5.02 Å². The van der Waals surface area contributed by atoms with E-state index in [0.717, 1.165) is 6.07 Å². The molecule has 2 N–H and O–H groups in total. The third kappa shape index (κ3) is 4.58. The summed E-state index contributed by atoms with van der Waals surface area (Å²) >= 11 is 5.99. The number of nitrogens with zero attached hydrogens (tertiary/aromatic N) is 1. The molecule has 1 saturated heterocycles.